The summed E-state index contributed by atoms with van der Waals surface area (Å²) in [5, 5.41) is 6.11. The van der Waals surface area contributed by atoms with Crippen LogP contribution in [0, 0.1) is 5.92 Å². The van der Waals surface area contributed by atoms with Crippen molar-refractivity contribution in [3.63, 3.8) is 0 Å². The zero-order chi connectivity index (χ0) is 13.2. The molecule has 2 N–H and O–H groups in total. The van der Waals surface area contributed by atoms with E-state index in [1.807, 2.05) is 0 Å². The van der Waals surface area contributed by atoms with Gasteiger partial charge in [0.25, 0.3) is 6.43 Å². The molecular formula is C12H22F2N2O2. The molecule has 0 aromatic rings. The number of carbonyl (C=O) groups is 1. The number of ether oxygens (including phenoxy) is 1. The van der Waals surface area contributed by atoms with Crippen LogP contribution in [-0.4, -0.2) is 45.2 Å². The Kier molecular flexibility index (Phi) is 7.84. The Labute approximate surface area is 106 Å². The molecule has 4 nitrogen and oxygen atoms in total. The van der Waals surface area contributed by atoms with Crippen LogP contribution in [0.1, 0.15) is 25.7 Å². The summed E-state index contributed by atoms with van der Waals surface area (Å²) in [4.78, 5) is 11.3. The smallest absolute Gasteiger partial charge is 0.261 e. The number of carbonyl (C=O) groups excluding carboxylic acids is 1. The van der Waals surface area contributed by atoms with E-state index in [0.29, 0.717) is 12.5 Å². The van der Waals surface area contributed by atoms with Crippen LogP contribution >= 0.6 is 0 Å². The lowest BCUT2D eigenvalue weighted by Crippen LogP contribution is -2.33. The first-order valence-corrected chi connectivity index (χ1v) is 6.52. The largest absolute Gasteiger partial charge is 0.375 e. The predicted octanol–water partition coefficient (Wildman–Crippen LogP) is 1.16. The fourth-order valence-electron chi connectivity index (χ4n) is 2.01. The van der Waals surface area contributed by atoms with Gasteiger partial charge in [-0.2, -0.15) is 0 Å². The van der Waals surface area contributed by atoms with Crippen molar-refractivity contribution in [1.82, 2.24) is 10.6 Å². The van der Waals surface area contributed by atoms with Gasteiger partial charge in [-0.3, -0.25) is 4.79 Å². The van der Waals surface area contributed by atoms with Gasteiger partial charge in [0.05, 0.1) is 6.61 Å². The van der Waals surface area contributed by atoms with E-state index in [-0.39, 0.29) is 18.9 Å². The maximum atomic E-state index is 11.7. The van der Waals surface area contributed by atoms with E-state index < -0.39 is 13.0 Å². The summed E-state index contributed by atoms with van der Waals surface area (Å²) < 4.78 is 28.1. The summed E-state index contributed by atoms with van der Waals surface area (Å²) in [5.74, 6) is 0.502. The van der Waals surface area contributed by atoms with Gasteiger partial charge in [-0.25, -0.2) is 8.78 Å². The summed E-state index contributed by atoms with van der Waals surface area (Å²) in [6, 6.07) is 0. The summed E-state index contributed by atoms with van der Waals surface area (Å²) in [6.07, 6.45) is 1.05. The Morgan fingerprint density at radius 1 is 1.50 bits per heavy atom. The van der Waals surface area contributed by atoms with E-state index in [0.717, 1.165) is 19.5 Å². The molecule has 1 heterocycles. The van der Waals surface area contributed by atoms with Crippen LogP contribution in [0.3, 0.4) is 0 Å². The quantitative estimate of drug-likeness (QED) is 0.647. The minimum absolute atomic E-state index is 0.0567. The molecule has 1 aliphatic heterocycles. The molecule has 1 atom stereocenters. The zero-order valence-corrected chi connectivity index (χ0v) is 10.6. The number of amides is 1. The molecule has 1 aliphatic rings. The van der Waals surface area contributed by atoms with Crippen molar-refractivity contribution in [1.29, 1.82) is 0 Å². The normalized spacial score (nSPS) is 20.1. The SMILES string of the molecule is O=C(CCOCC(F)F)NCCC1CCCNC1. The molecule has 1 rings (SSSR count). The Morgan fingerprint density at radius 2 is 2.33 bits per heavy atom. The number of rotatable bonds is 8. The molecule has 0 aliphatic carbocycles. The highest BCUT2D eigenvalue weighted by molar-refractivity contribution is 5.75. The Morgan fingerprint density at radius 3 is 3.00 bits per heavy atom. The molecule has 18 heavy (non-hydrogen) atoms. The standard InChI is InChI=1S/C12H22F2N2O2/c13-11(14)9-18-7-4-12(17)16-6-3-10-2-1-5-15-8-10/h10-11,15H,1-9H2,(H,16,17). The maximum Gasteiger partial charge on any atom is 0.261 e. The fourth-order valence-corrected chi connectivity index (χ4v) is 2.01. The van der Waals surface area contributed by atoms with E-state index in [9.17, 15) is 13.6 Å². The van der Waals surface area contributed by atoms with E-state index in [2.05, 4.69) is 15.4 Å². The second-order valence-corrected chi connectivity index (χ2v) is 4.57. The number of halogens is 2. The van der Waals surface area contributed by atoms with Crippen LogP contribution in [-0.2, 0) is 9.53 Å². The first-order chi connectivity index (χ1) is 8.68. The van der Waals surface area contributed by atoms with Crippen molar-refractivity contribution < 1.29 is 18.3 Å². The molecule has 6 heteroatoms. The molecule has 1 unspecified atom stereocenters. The molecule has 0 radical (unpaired) electrons. The highest BCUT2D eigenvalue weighted by Crippen LogP contribution is 2.12. The maximum absolute atomic E-state index is 11.7. The van der Waals surface area contributed by atoms with Gasteiger partial charge in [0, 0.05) is 13.0 Å². The van der Waals surface area contributed by atoms with Crippen molar-refractivity contribution >= 4 is 5.91 Å². The average molecular weight is 264 g/mol. The molecule has 0 saturated carbocycles. The number of piperidine rings is 1. The highest BCUT2D eigenvalue weighted by atomic mass is 19.3. The lowest BCUT2D eigenvalue weighted by atomic mass is 9.96. The molecule has 1 fully saturated rings. The van der Waals surface area contributed by atoms with Crippen molar-refractivity contribution in [3.8, 4) is 0 Å². The van der Waals surface area contributed by atoms with E-state index in [4.69, 9.17) is 0 Å². The van der Waals surface area contributed by atoms with Gasteiger partial charge in [-0.05, 0) is 38.3 Å². The van der Waals surface area contributed by atoms with Gasteiger partial charge in [0.2, 0.25) is 5.91 Å². The lowest BCUT2D eigenvalue weighted by molar-refractivity contribution is -0.122. The first kappa shape index (κ1) is 15.3. The monoisotopic (exact) mass is 264 g/mol. The van der Waals surface area contributed by atoms with Crippen LogP contribution in [0.5, 0.6) is 0 Å². The van der Waals surface area contributed by atoms with Gasteiger partial charge in [-0.15, -0.1) is 0 Å². The van der Waals surface area contributed by atoms with Gasteiger partial charge in [0.1, 0.15) is 6.61 Å². The summed E-state index contributed by atoms with van der Waals surface area (Å²) in [7, 11) is 0. The number of hydrogen-bond acceptors (Lipinski definition) is 3. The Bertz CT molecular complexity index is 234. The van der Waals surface area contributed by atoms with E-state index >= 15 is 0 Å². The van der Waals surface area contributed by atoms with Crippen molar-refractivity contribution in [2.75, 3.05) is 32.8 Å². The van der Waals surface area contributed by atoms with Crippen molar-refractivity contribution in [3.05, 3.63) is 0 Å². The highest BCUT2D eigenvalue weighted by Gasteiger charge is 2.12. The molecule has 1 saturated heterocycles. The van der Waals surface area contributed by atoms with Gasteiger partial charge in [0.15, 0.2) is 0 Å². The number of nitrogens with one attached hydrogen (secondary N) is 2. The Hall–Kier alpha value is -0.750. The zero-order valence-electron chi connectivity index (χ0n) is 10.6. The summed E-state index contributed by atoms with van der Waals surface area (Å²) in [6.45, 7) is 2.22. The minimum atomic E-state index is -2.47. The third-order valence-electron chi connectivity index (χ3n) is 2.99. The first-order valence-electron chi connectivity index (χ1n) is 6.52. The molecule has 0 aromatic heterocycles. The van der Waals surface area contributed by atoms with Gasteiger partial charge < -0.3 is 15.4 Å². The van der Waals surface area contributed by atoms with Crippen LogP contribution in [0.4, 0.5) is 8.78 Å². The summed E-state index contributed by atoms with van der Waals surface area (Å²) in [5.41, 5.74) is 0. The molecule has 0 bridgehead atoms. The predicted molar refractivity (Wildman–Crippen MR) is 64.7 cm³/mol. The van der Waals surface area contributed by atoms with Crippen molar-refractivity contribution in [2.24, 2.45) is 5.92 Å². The van der Waals surface area contributed by atoms with Crippen molar-refractivity contribution in [2.45, 2.75) is 32.1 Å². The molecule has 0 aromatic carbocycles. The van der Waals surface area contributed by atoms with Crippen LogP contribution in [0.15, 0.2) is 0 Å². The average Bonchev–Trinajstić information content (AvgIpc) is 2.36. The third-order valence-corrected chi connectivity index (χ3v) is 2.99. The van der Waals surface area contributed by atoms with Crippen LogP contribution in [0.2, 0.25) is 0 Å². The topological polar surface area (TPSA) is 50.4 Å². The Balaban J connectivity index is 1.92. The molecule has 1 amide bonds. The van der Waals surface area contributed by atoms with E-state index in [1.165, 1.54) is 12.8 Å². The second-order valence-electron chi connectivity index (χ2n) is 4.57. The van der Waals surface area contributed by atoms with Crippen LogP contribution in [0.25, 0.3) is 0 Å². The number of alkyl halides is 2. The molecular weight excluding hydrogens is 242 g/mol. The van der Waals surface area contributed by atoms with Gasteiger partial charge in [-0.1, -0.05) is 0 Å². The van der Waals surface area contributed by atoms with Crippen LogP contribution < -0.4 is 10.6 Å². The second kappa shape index (κ2) is 9.22. The lowest BCUT2D eigenvalue weighted by Gasteiger charge is -2.22. The third kappa shape index (κ3) is 7.55. The van der Waals surface area contributed by atoms with E-state index in [1.54, 1.807) is 0 Å². The molecule has 0 spiro atoms. The summed E-state index contributed by atoms with van der Waals surface area (Å²) >= 11 is 0. The van der Waals surface area contributed by atoms with Gasteiger partial charge >= 0.3 is 0 Å². The molecule has 106 valence electrons. The number of hydrogen-bond donors (Lipinski definition) is 2. The minimum Gasteiger partial charge on any atom is -0.375 e. The fraction of sp³-hybridized carbons (Fsp3) is 0.917.